The summed E-state index contributed by atoms with van der Waals surface area (Å²) in [6.07, 6.45) is -0.0278. The van der Waals surface area contributed by atoms with Crippen LogP contribution in [0.1, 0.15) is 17.5 Å². The van der Waals surface area contributed by atoms with Crippen molar-refractivity contribution in [1.82, 2.24) is 14.1 Å². The van der Waals surface area contributed by atoms with Gasteiger partial charge in [0.2, 0.25) is 23.1 Å². The van der Waals surface area contributed by atoms with Crippen molar-refractivity contribution in [3.8, 4) is 5.75 Å². The zero-order chi connectivity index (χ0) is 31.8. The van der Waals surface area contributed by atoms with Crippen LogP contribution in [0.25, 0.3) is 0 Å². The molecule has 0 aliphatic carbocycles. The standard InChI is InChI=1S/C30H32ClFN4O7S/c1-43-27-11-9-25(10-12-27)36(40)28(37)16-26-18-33(17-22-5-7-24(32)8-6-22)29(38)20-35(26)30(39)19-34(44(41)42)14-13-21-3-2-4-23(31)15-21/h2-12,15,26,40H,13-14,16-20H2,1H3,(H,41,42). The number of rotatable bonds is 12. The number of hydroxylamine groups is 1. The third kappa shape index (κ3) is 8.83. The summed E-state index contributed by atoms with van der Waals surface area (Å²) in [5, 5.41) is 11.6. The zero-order valence-electron chi connectivity index (χ0n) is 23.8. The third-order valence-corrected chi connectivity index (χ3v) is 8.16. The van der Waals surface area contributed by atoms with E-state index in [9.17, 15) is 32.7 Å². The third-order valence-electron chi connectivity index (χ3n) is 7.17. The highest BCUT2D eigenvalue weighted by atomic mass is 35.5. The minimum Gasteiger partial charge on any atom is -0.497 e. The summed E-state index contributed by atoms with van der Waals surface area (Å²) in [5.74, 6) is -1.70. The molecule has 3 amide bonds. The Morgan fingerprint density at radius 3 is 2.43 bits per heavy atom. The summed E-state index contributed by atoms with van der Waals surface area (Å²) in [4.78, 5) is 42.5. The van der Waals surface area contributed by atoms with Gasteiger partial charge in [0.05, 0.1) is 31.8 Å². The van der Waals surface area contributed by atoms with Gasteiger partial charge in [0.1, 0.15) is 18.1 Å². The van der Waals surface area contributed by atoms with E-state index in [0.29, 0.717) is 27.8 Å². The van der Waals surface area contributed by atoms with Gasteiger partial charge in [-0.25, -0.2) is 8.60 Å². The normalized spacial score (nSPS) is 15.8. The lowest BCUT2D eigenvalue weighted by Gasteiger charge is -2.41. The molecule has 0 bridgehead atoms. The second-order valence-electron chi connectivity index (χ2n) is 10.2. The highest BCUT2D eigenvalue weighted by Gasteiger charge is 2.38. The van der Waals surface area contributed by atoms with Crippen LogP contribution in [0.3, 0.4) is 0 Å². The molecule has 0 aromatic heterocycles. The van der Waals surface area contributed by atoms with Crippen LogP contribution < -0.4 is 9.80 Å². The second-order valence-corrected chi connectivity index (χ2v) is 11.6. The maximum atomic E-state index is 13.5. The number of nitrogens with zero attached hydrogens (tertiary/aromatic N) is 4. The molecule has 1 aliphatic heterocycles. The van der Waals surface area contributed by atoms with Crippen molar-refractivity contribution < 1.29 is 37.5 Å². The molecule has 0 saturated carbocycles. The van der Waals surface area contributed by atoms with Crippen LogP contribution in [-0.4, -0.2) is 85.1 Å². The SMILES string of the molecule is COc1ccc(N(O)C(=O)CC2CN(Cc3ccc(F)cc3)C(=O)CN2C(=O)CN(CCc2cccc(Cl)c2)S(=O)O)cc1. The van der Waals surface area contributed by atoms with E-state index in [4.69, 9.17) is 16.3 Å². The predicted octanol–water partition coefficient (Wildman–Crippen LogP) is 3.52. The van der Waals surface area contributed by atoms with E-state index in [0.717, 1.165) is 9.87 Å². The van der Waals surface area contributed by atoms with E-state index < -0.39 is 53.9 Å². The molecule has 2 atom stereocenters. The van der Waals surface area contributed by atoms with E-state index in [-0.39, 0.29) is 31.7 Å². The van der Waals surface area contributed by atoms with Crippen LogP contribution >= 0.6 is 11.6 Å². The molecule has 11 nitrogen and oxygen atoms in total. The zero-order valence-corrected chi connectivity index (χ0v) is 25.4. The number of hydrogen-bond donors (Lipinski definition) is 2. The molecule has 234 valence electrons. The molecule has 1 saturated heterocycles. The van der Waals surface area contributed by atoms with Gasteiger partial charge in [-0.15, -0.1) is 0 Å². The average molecular weight is 647 g/mol. The number of anilines is 1. The Hall–Kier alpha value is -3.88. The summed E-state index contributed by atoms with van der Waals surface area (Å²) >= 11 is 3.53. The largest absolute Gasteiger partial charge is 0.497 e. The first-order valence-corrected chi connectivity index (χ1v) is 15.1. The first kappa shape index (κ1) is 33.0. The first-order valence-electron chi connectivity index (χ1n) is 13.6. The second kappa shape index (κ2) is 15.2. The van der Waals surface area contributed by atoms with E-state index >= 15 is 0 Å². The van der Waals surface area contributed by atoms with Crippen molar-refractivity contribution in [1.29, 1.82) is 0 Å². The Morgan fingerprint density at radius 2 is 1.80 bits per heavy atom. The lowest BCUT2D eigenvalue weighted by Crippen LogP contribution is -2.60. The Bertz CT molecular complexity index is 1500. The van der Waals surface area contributed by atoms with Gasteiger partial charge < -0.3 is 14.5 Å². The number of hydrogen-bond acceptors (Lipinski definition) is 6. The fourth-order valence-corrected chi connectivity index (χ4v) is 5.50. The minimum atomic E-state index is -2.51. The van der Waals surface area contributed by atoms with Crippen LogP contribution in [0.15, 0.2) is 72.8 Å². The molecule has 2 unspecified atom stereocenters. The summed E-state index contributed by atoms with van der Waals surface area (Å²) in [6.45, 7) is -0.805. The highest BCUT2D eigenvalue weighted by molar-refractivity contribution is 7.76. The molecule has 1 heterocycles. The monoisotopic (exact) mass is 646 g/mol. The van der Waals surface area contributed by atoms with Crippen molar-refractivity contribution in [2.45, 2.75) is 25.4 Å². The molecule has 1 aliphatic rings. The molecule has 14 heteroatoms. The number of carbonyl (C=O) groups excluding carboxylic acids is 3. The highest BCUT2D eigenvalue weighted by Crippen LogP contribution is 2.22. The Kier molecular flexibility index (Phi) is 11.4. The van der Waals surface area contributed by atoms with Gasteiger partial charge in [0, 0.05) is 24.7 Å². The van der Waals surface area contributed by atoms with Crippen LogP contribution in [0.2, 0.25) is 5.02 Å². The number of piperazine rings is 1. The van der Waals surface area contributed by atoms with Gasteiger partial charge in [-0.05, 0) is 66.1 Å². The number of benzene rings is 3. The molecule has 3 aromatic carbocycles. The lowest BCUT2D eigenvalue weighted by atomic mass is 10.1. The molecule has 0 radical (unpaired) electrons. The van der Waals surface area contributed by atoms with Crippen LogP contribution in [0.5, 0.6) is 5.75 Å². The number of amides is 3. The first-order chi connectivity index (χ1) is 21.0. The molecular formula is C30H32ClFN4O7S. The van der Waals surface area contributed by atoms with Crippen LogP contribution in [0.4, 0.5) is 10.1 Å². The van der Waals surface area contributed by atoms with Crippen LogP contribution in [-0.2, 0) is 38.6 Å². The van der Waals surface area contributed by atoms with Gasteiger partial charge >= 0.3 is 0 Å². The Morgan fingerprint density at radius 1 is 1.09 bits per heavy atom. The van der Waals surface area contributed by atoms with Gasteiger partial charge in [-0.1, -0.05) is 35.9 Å². The fourth-order valence-electron chi connectivity index (χ4n) is 4.81. The van der Waals surface area contributed by atoms with Gasteiger partial charge in [-0.2, -0.15) is 9.37 Å². The van der Waals surface area contributed by atoms with E-state index in [2.05, 4.69) is 0 Å². The van der Waals surface area contributed by atoms with Crippen molar-refractivity contribution in [3.05, 3.63) is 94.8 Å². The summed E-state index contributed by atoms with van der Waals surface area (Å²) in [5.41, 5.74) is 1.62. The molecule has 0 spiro atoms. The maximum Gasteiger partial charge on any atom is 0.252 e. The number of halogens is 2. The van der Waals surface area contributed by atoms with Crippen molar-refractivity contribution >= 4 is 46.3 Å². The lowest BCUT2D eigenvalue weighted by molar-refractivity contribution is -0.151. The predicted molar refractivity (Wildman–Crippen MR) is 162 cm³/mol. The summed E-state index contributed by atoms with van der Waals surface area (Å²) in [6, 6.07) is 17.8. The Balaban J connectivity index is 1.51. The van der Waals surface area contributed by atoms with Crippen molar-refractivity contribution in [3.63, 3.8) is 0 Å². The molecule has 2 N–H and O–H groups in total. The van der Waals surface area contributed by atoms with E-state index in [1.807, 2.05) is 0 Å². The summed E-state index contributed by atoms with van der Waals surface area (Å²) in [7, 11) is 1.48. The number of methoxy groups -OCH3 is 1. The minimum absolute atomic E-state index is 0.0408. The average Bonchev–Trinajstić information content (AvgIpc) is 3.01. The fraction of sp³-hybridized carbons (Fsp3) is 0.300. The molecule has 44 heavy (non-hydrogen) atoms. The molecular weight excluding hydrogens is 615 g/mol. The maximum absolute atomic E-state index is 13.5. The van der Waals surface area contributed by atoms with Gasteiger partial charge in [0.25, 0.3) is 5.91 Å². The molecule has 4 rings (SSSR count). The van der Waals surface area contributed by atoms with Gasteiger partial charge in [0.15, 0.2) is 0 Å². The summed E-state index contributed by atoms with van der Waals surface area (Å²) < 4.78 is 41.6. The number of carbonyl (C=O) groups is 3. The van der Waals surface area contributed by atoms with E-state index in [1.54, 1.807) is 36.4 Å². The van der Waals surface area contributed by atoms with E-state index in [1.165, 1.54) is 53.3 Å². The Labute approximate surface area is 261 Å². The molecule has 1 fully saturated rings. The quantitative estimate of drug-likeness (QED) is 0.175. The van der Waals surface area contributed by atoms with Crippen LogP contribution in [0, 0.1) is 5.82 Å². The smallest absolute Gasteiger partial charge is 0.252 e. The molecule has 3 aromatic rings. The van der Waals surface area contributed by atoms with Gasteiger partial charge in [-0.3, -0.25) is 24.1 Å². The number of ether oxygens (including phenoxy) is 1. The topological polar surface area (TPSA) is 131 Å². The van der Waals surface area contributed by atoms with Crippen molar-refractivity contribution in [2.24, 2.45) is 0 Å². The van der Waals surface area contributed by atoms with Crippen molar-refractivity contribution in [2.75, 3.05) is 38.4 Å².